The molecule has 49 heavy (non-hydrogen) atoms. The summed E-state index contributed by atoms with van der Waals surface area (Å²) in [5, 5.41) is 18.7. The standard InChI is InChI=1S/C30H42F12O7/c1-6-7-8-9-10-11-25(31,32)27(35,36)29(39,40)30(41,42)28(37,38)26(33,34)18-47-13-21(14-48-22(45)19(2)3)15-49-23(46)20(4)12-24(5,16-43)17-44/h21,43-44H,2,4,6-18H2,1,3,5H3. The molecule has 0 amide bonds. The first kappa shape index (κ1) is 46.5. The van der Waals surface area contributed by atoms with E-state index in [0.717, 1.165) is 0 Å². The zero-order valence-corrected chi connectivity index (χ0v) is 27.2. The normalized spacial score (nSPS) is 14.4. The maximum atomic E-state index is 14.4. The van der Waals surface area contributed by atoms with Gasteiger partial charge in [-0.3, -0.25) is 0 Å². The topological polar surface area (TPSA) is 102 Å². The molecular weight excluding hydrogens is 700 g/mol. The molecule has 0 aromatic rings. The number of carbonyl (C=O) groups is 2. The van der Waals surface area contributed by atoms with Crippen LogP contribution in [0.2, 0.25) is 0 Å². The highest BCUT2D eigenvalue weighted by Gasteiger charge is 2.89. The lowest BCUT2D eigenvalue weighted by Gasteiger charge is -2.41. The molecule has 0 rings (SSSR count). The van der Waals surface area contributed by atoms with Crippen molar-refractivity contribution in [3.63, 3.8) is 0 Å². The van der Waals surface area contributed by atoms with E-state index < -0.39 is 111 Å². The van der Waals surface area contributed by atoms with Crippen LogP contribution in [-0.2, 0) is 23.8 Å². The van der Waals surface area contributed by atoms with Crippen LogP contribution in [0, 0.1) is 11.3 Å². The molecule has 7 nitrogen and oxygen atoms in total. The van der Waals surface area contributed by atoms with Crippen LogP contribution < -0.4 is 0 Å². The lowest BCUT2D eigenvalue weighted by atomic mass is 9.85. The van der Waals surface area contributed by atoms with Crippen molar-refractivity contribution in [2.45, 2.75) is 101 Å². The van der Waals surface area contributed by atoms with Crippen LogP contribution in [0.3, 0.4) is 0 Å². The summed E-state index contributed by atoms with van der Waals surface area (Å²) >= 11 is 0. The van der Waals surface area contributed by atoms with Crippen molar-refractivity contribution in [3.05, 3.63) is 24.3 Å². The van der Waals surface area contributed by atoms with Gasteiger partial charge in [0.2, 0.25) is 0 Å². The van der Waals surface area contributed by atoms with Gasteiger partial charge in [-0.15, -0.1) is 0 Å². The lowest BCUT2D eigenvalue weighted by molar-refractivity contribution is -0.427. The summed E-state index contributed by atoms with van der Waals surface area (Å²) in [6, 6.07) is 0. The molecule has 0 saturated heterocycles. The number of hydrogen-bond donors (Lipinski definition) is 2. The highest BCUT2D eigenvalue weighted by atomic mass is 19.4. The smallest absolute Gasteiger partial charge is 0.384 e. The predicted octanol–water partition coefficient (Wildman–Crippen LogP) is 7.39. The third-order valence-corrected chi connectivity index (χ3v) is 7.27. The fourth-order valence-corrected chi connectivity index (χ4v) is 3.91. The fraction of sp³-hybridized carbons (Fsp3) is 0.800. The van der Waals surface area contributed by atoms with Crippen molar-refractivity contribution < 1.29 is 86.7 Å². The molecular formula is C30H42F12O7. The van der Waals surface area contributed by atoms with E-state index in [1.165, 1.54) is 13.8 Å². The fourth-order valence-electron chi connectivity index (χ4n) is 3.91. The van der Waals surface area contributed by atoms with Gasteiger partial charge in [0.05, 0.1) is 39.0 Å². The third kappa shape index (κ3) is 11.5. The number of hydrogen-bond acceptors (Lipinski definition) is 7. The van der Waals surface area contributed by atoms with Crippen LogP contribution in [0.15, 0.2) is 24.3 Å². The Kier molecular flexibility index (Phi) is 17.2. The second-order valence-corrected chi connectivity index (χ2v) is 12.1. The number of unbranched alkanes of at least 4 members (excludes halogenated alkanes) is 4. The predicted molar refractivity (Wildman–Crippen MR) is 150 cm³/mol. The Morgan fingerprint density at radius 3 is 1.57 bits per heavy atom. The lowest BCUT2D eigenvalue weighted by Crippen LogP contribution is -2.71. The van der Waals surface area contributed by atoms with Crippen LogP contribution in [0.1, 0.15) is 65.7 Å². The Labute approximate surface area is 275 Å². The van der Waals surface area contributed by atoms with Gasteiger partial charge in [0, 0.05) is 23.0 Å². The van der Waals surface area contributed by atoms with Gasteiger partial charge in [-0.2, -0.15) is 52.7 Å². The molecule has 288 valence electrons. The van der Waals surface area contributed by atoms with Gasteiger partial charge >= 0.3 is 47.5 Å². The van der Waals surface area contributed by atoms with Crippen molar-refractivity contribution >= 4 is 11.9 Å². The Hall–Kier alpha value is -2.54. The molecule has 0 aliphatic rings. The van der Waals surface area contributed by atoms with Crippen molar-refractivity contribution in [1.29, 1.82) is 0 Å². The number of esters is 2. The molecule has 0 saturated carbocycles. The number of carbonyl (C=O) groups excluding carboxylic acids is 2. The van der Waals surface area contributed by atoms with Crippen molar-refractivity contribution in [2.75, 3.05) is 39.6 Å². The van der Waals surface area contributed by atoms with Crippen molar-refractivity contribution in [3.8, 4) is 0 Å². The first-order chi connectivity index (χ1) is 22.1. The SMILES string of the molecule is C=C(C)C(=O)OCC(COCC(F)(F)C(F)(F)C(F)(F)C(F)(F)C(F)(F)C(F)(F)CCCCCCC)COC(=O)C(=C)CC(C)(CO)CO. The summed E-state index contributed by atoms with van der Waals surface area (Å²) in [6.07, 6.45) is -2.40. The van der Waals surface area contributed by atoms with Crippen molar-refractivity contribution in [2.24, 2.45) is 11.3 Å². The van der Waals surface area contributed by atoms with E-state index in [9.17, 15) is 72.5 Å². The molecule has 2 N–H and O–H groups in total. The minimum Gasteiger partial charge on any atom is -0.462 e. The van der Waals surface area contributed by atoms with E-state index in [-0.39, 0.29) is 30.4 Å². The Morgan fingerprint density at radius 1 is 0.673 bits per heavy atom. The van der Waals surface area contributed by atoms with E-state index in [1.807, 2.05) is 0 Å². The van der Waals surface area contributed by atoms with Gasteiger partial charge in [-0.25, -0.2) is 9.59 Å². The van der Waals surface area contributed by atoms with Gasteiger partial charge < -0.3 is 24.4 Å². The average Bonchev–Trinajstić information content (AvgIpc) is 3.00. The zero-order valence-electron chi connectivity index (χ0n) is 27.2. The van der Waals surface area contributed by atoms with E-state index in [0.29, 0.717) is 12.8 Å². The van der Waals surface area contributed by atoms with Crippen molar-refractivity contribution in [1.82, 2.24) is 0 Å². The third-order valence-electron chi connectivity index (χ3n) is 7.27. The maximum Gasteiger partial charge on any atom is 0.384 e. The van der Waals surface area contributed by atoms with Gasteiger partial charge in [0.1, 0.15) is 6.61 Å². The maximum absolute atomic E-state index is 14.4. The summed E-state index contributed by atoms with van der Waals surface area (Å²) < 4.78 is 185. The summed E-state index contributed by atoms with van der Waals surface area (Å²) in [5.41, 5.74) is -1.78. The molecule has 0 aliphatic carbocycles. The van der Waals surface area contributed by atoms with Crippen LogP contribution in [-0.4, -0.2) is 97.3 Å². The summed E-state index contributed by atoms with van der Waals surface area (Å²) in [7, 11) is 0. The molecule has 0 heterocycles. The number of halogens is 12. The highest BCUT2D eigenvalue weighted by Crippen LogP contribution is 2.60. The average molecular weight is 743 g/mol. The number of aliphatic hydroxyl groups is 2. The number of alkyl halides is 12. The number of aliphatic hydroxyl groups excluding tert-OH is 2. The molecule has 1 atom stereocenters. The van der Waals surface area contributed by atoms with E-state index in [1.54, 1.807) is 6.92 Å². The largest absolute Gasteiger partial charge is 0.462 e. The molecule has 0 aliphatic heterocycles. The molecule has 0 fully saturated rings. The minimum atomic E-state index is -7.76. The molecule has 1 unspecified atom stereocenters. The van der Waals surface area contributed by atoms with E-state index >= 15 is 0 Å². The summed E-state index contributed by atoms with van der Waals surface area (Å²) in [4.78, 5) is 24.0. The quantitative estimate of drug-likeness (QED) is 0.0436. The first-order valence-corrected chi connectivity index (χ1v) is 14.9. The highest BCUT2D eigenvalue weighted by molar-refractivity contribution is 5.88. The first-order valence-electron chi connectivity index (χ1n) is 14.9. The number of rotatable bonds is 25. The van der Waals surface area contributed by atoms with Gasteiger partial charge in [0.15, 0.2) is 0 Å². The second-order valence-electron chi connectivity index (χ2n) is 12.1. The van der Waals surface area contributed by atoms with Crippen LogP contribution in [0.4, 0.5) is 52.7 Å². The van der Waals surface area contributed by atoms with Gasteiger partial charge in [0.25, 0.3) is 0 Å². The van der Waals surface area contributed by atoms with Crippen LogP contribution >= 0.6 is 0 Å². The van der Waals surface area contributed by atoms with Crippen LogP contribution in [0.25, 0.3) is 0 Å². The van der Waals surface area contributed by atoms with Gasteiger partial charge in [-0.05, 0) is 19.8 Å². The Morgan fingerprint density at radius 2 is 1.12 bits per heavy atom. The molecule has 19 heteroatoms. The minimum absolute atomic E-state index is 0.179. The molecule has 0 spiro atoms. The molecule has 0 radical (unpaired) electrons. The molecule has 0 bridgehead atoms. The Balaban J connectivity index is 5.89. The zero-order chi connectivity index (χ0) is 38.7. The Bertz CT molecular complexity index is 1110. The van der Waals surface area contributed by atoms with Gasteiger partial charge in [-0.1, -0.05) is 52.7 Å². The molecule has 0 aromatic carbocycles. The molecule has 0 aromatic heterocycles. The summed E-state index contributed by atoms with van der Waals surface area (Å²) in [5.74, 6) is -46.3. The van der Waals surface area contributed by atoms with E-state index in [2.05, 4.69) is 17.9 Å². The number of ether oxygens (including phenoxy) is 3. The second kappa shape index (κ2) is 18.1. The van der Waals surface area contributed by atoms with Crippen LogP contribution in [0.5, 0.6) is 0 Å². The summed E-state index contributed by atoms with van der Waals surface area (Å²) in [6.45, 7) is 3.66. The monoisotopic (exact) mass is 742 g/mol. The van der Waals surface area contributed by atoms with E-state index in [4.69, 9.17) is 9.47 Å².